The van der Waals surface area contributed by atoms with Gasteiger partial charge in [0.2, 0.25) is 0 Å². The van der Waals surface area contributed by atoms with E-state index in [9.17, 15) is 0 Å². The molecular formula is H5CaClNO4P. The summed E-state index contributed by atoms with van der Waals surface area (Å²) in [6.07, 6.45) is 0. The molecule has 0 aromatic carbocycles. The van der Waals surface area contributed by atoms with Gasteiger partial charge in [-0.05, 0) is 0 Å². The Balaban J connectivity index is -0.0000000267. The smallest absolute Gasteiger partial charge is 1.00 e. The van der Waals surface area contributed by atoms with Gasteiger partial charge >= 0.3 is 37.7 Å². The van der Waals surface area contributed by atoms with Gasteiger partial charge in [0.05, 0.1) is 7.82 Å². The van der Waals surface area contributed by atoms with Crippen molar-refractivity contribution in [2.24, 2.45) is 0 Å². The Labute approximate surface area is 82.7 Å². The van der Waals surface area contributed by atoms with Crippen LogP contribution in [-0.4, -0.2) is 42.6 Å². The molecule has 5 N–H and O–H groups in total. The van der Waals surface area contributed by atoms with Crippen molar-refractivity contribution in [2.45, 2.75) is 0 Å². The molecule has 0 aromatic heterocycles. The molecular weight excluding hydrogens is 185 g/mol. The first-order valence-corrected chi connectivity index (χ1v) is 2.24. The van der Waals surface area contributed by atoms with E-state index in [1.807, 2.05) is 0 Å². The first kappa shape index (κ1) is 22.6. The van der Waals surface area contributed by atoms with Crippen molar-refractivity contribution in [3.05, 3.63) is 0 Å². The molecule has 0 rings (SSSR count). The third-order valence-electron chi connectivity index (χ3n) is 0. The zero-order valence-corrected chi connectivity index (χ0v) is 8.06. The largest absolute Gasteiger partial charge is 2.00 e. The summed E-state index contributed by atoms with van der Waals surface area (Å²) < 4.78 is 8.66. The van der Waals surface area contributed by atoms with Crippen LogP contribution < -0.4 is 28.3 Å². The van der Waals surface area contributed by atoms with Gasteiger partial charge in [0.1, 0.15) is 0 Å². The second-order valence-corrected chi connectivity index (χ2v) is 1.41. The van der Waals surface area contributed by atoms with E-state index in [0.29, 0.717) is 0 Å². The first-order chi connectivity index (χ1) is 2.00. The van der Waals surface area contributed by atoms with E-state index < -0.39 is 7.82 Å². The molecule has 0 bridgehead atoms. The number of quaternary nitrogens is 1. The number of halogens is 1. The molecule has 0 aromatic rings. The van der Waals surface area contributed by atoms with Crippen molar-refractivity contribution >= 4 is 45.6 Å². The fraction of sp³-hybridized carbons (Fsp3) is 0. The summed E-state index contributed by atoms with van der Waals surface area (Å²) in [5, 5.41) is 0. The second-order valence-electron chi connectivity index (χ2n) is 0.469. The van der Waals surface area contributed by atoms with Crippen LogP contribution in [0, 0.1) is 0 Å². The molecule has 0 atom stereocenters. The number of phosphoric acid groups is 1. The molecule has 0 aliphatic carbocycles. The fourth-order valence-electron chi connectivity index (χ4n) is 0. The molecule has 0 heterocycles. The molecule has 48 valence electrons. The Kier molecular flexibility index (Phi) is 24.4. The SMILES string of the molecule is O=P([O-])([O-])O.[Ca+2].[Cl-].[NH4+]. The average Bonchev–Trinajstić information content (AvgIpc) is 0.722. The Bertz CT molecular complexity index is 62.2. The van der Waals surface area contributed by atoms with Crippen molar-refractivity contribution in [2.75, 3.05) is 0 Å². The van der Waals surface area contributed by atoms with Crippen molar-refractivity contribution in [3.8, 4) is 0 Å². The summed E-state index contributed by atoms with van der Waals surface area (Å²) in [5.41, 5.74) is 0. The van der Waals surface area contributed by atoms with E-state index in [0.717, 1.165) is 0 Å². The molecule has 0 unspecified atom stereocenters. The third kappa shape index (κ3) is 127. The summed E-state index contributed by atoms with van der Waals surface area (Å²) in [4.78, 5) is 24.3. The molecule has 8 heavy (non-hydrogen) atoms. The predicted molar refractivity (Wildman–Crippen MR) is 21.6 cm³/mol. The third-order valence-corrected chi connectivity index (χ3v) is 0. The van der Waals surface area contributed by atoms with Crippen LogP contribution in [0.5, 0.6) is 0 Å². The van der Waals surface area contributed by atoms with Gasteiger partial charge in [0.15, 0.2) is 0 Å². The van der Waals surface area contributed by atoms with Crippen molar-refractivity contribution in [3.63, 3.8) is 0 Å². The second kappa shape index (κ2) is 8.62. The molecule has 0 aliphatic rings. The van der Waals surface area contributed by atoms with Gasteiger partial charge in [-0.1, -0.05) is 0 Å². The monoisotopic (exact) mass is 189 g/mol. The van der Waals surface area contributed by atoms with Crippen molar-refractivity contribution < 1.29 is 31.7 Å². The van der Waals surface area contributed by atoms with Gasteiger partial charge < -0.3 is 37.8 Å². The quantitative estimate of drug-likeness (QED) is 0.292. The number of hydrogen-bond donors (Lipinski definition) is 2. The zero-order chi connectivity index (χ0) is 4.50. The van der Waals surface area contributed by atoms with Crippen LogP contribution in [0.1, 0.15) is 0 Å². The Morgan fingerprint density at radius 2 is 1.38 bits per heavy atom. The minimum Gasteiger partial charge on any atom is -1.00 e. The summed E-state index contributed by atoms with van der Waals surface area (Å²) >= 11 is 0. The van der Waals surface area contributed by atoms with E-state index in [-0.39, 0.29) is 56.3 Å². The van der Waals surface area contributed by atoms with E-state index in [1.54, 1.807) is 0 Å². The Hall–Kier alpha value is 1.62. The molecule has 0 radical (unpaired) electrons. The predicted octanol–water partition coefficient (Wildman–Crippen LogP) is -5.19. The standard InChI is InChI=1S/Ca.ClH.H3N.H3O4P/c;;;1-5(2,3)4/h;1H;1H3;(H3,1,2,3,4)/q+2;;;/p-2. The molecule has 0 amide bonds. The molecule has 0 spiro atoms. The summed E-state index contributed by atoms with van der Waals surface area (Å²) in [6.45, 7) is 0. The van der Waals surface area contributed by atoms with E-state index >= 15 is 0 Å². The molecule has 8 heteroatoms. The van der Waals surface area contributed by atoms with Crippen LogP contribution in [0.15, 0.2) is 0 Å². The van der Waals surface area contributed by atoms with Crippen LogP contribution >= 0.6 is 7.82 Å². The van der Waals surface area contributed by atoms with E-state index in [1.165, 1.54) is 0 Å². The molecule has 0 aliphatic heterocycles. The Morgan fingerprint density at radius 3 is 1.38 bits per heavy atom. The normalized spacial score (nSPS) is 7.38. The summed E-state index contributed by atoms with van der Waals surface area (Å²) in [5.74, 6) is 0. The van der Waals surface area contributed by atoms with Crippen LogP contribution in [0.3, 0.4) is 0 Å². The minimum atomic E-state index is -5.14. The minimum absolute atomic E-state index is 0. The van der Waals surface area contributed by atoms with Crippen LogP contribution in [0.25, 0.3) is 0 Å². The van der Waals surface area contributed by atoms with Gasteiger partial charge in [-0.25, -0.2) is 0 Å². The summed E-state index contributed by atoms with van der Waals surface area (Å²) in [7, 11) is -5.14. The number of hydrogen-bond acceptors (Lipinski definition) is 3. The van der Waals surface area contributed by atoms with Gasteiger partial charge in [0, 0.05) is 0 Å². The van der Waals surface area contributed by atoms with E-state index in [4.69, 9.17) is 19.2 Å². The molecule has 0 fully saturated rings. The fourth-order valence-corrected chi connectivity index (χ4v) is 0. The van der Waals surface area contributed by atoms with Gasteiger partial charge in [-0.15, -0.1) is 0 Å². The van der Waals surface area contributed by atoms with Gasteiger partial charge in [0.25, 0.3) is 0 Å². The molecule has 0 saturated carbocycles. The van der Waals surface area contributed by atoms with Gasteiger partial charge in [-0.3, -0.25) is 0 Å². The maximum atomic E-state index is 8.66. The number of rotatable bonds is 0. The maximum absolute atomic E-state index is 8.66. The Morgan fingerprint density at radius 1 is 1.38 bits per heavy atom. The summed E-state index contributed by atoms with van der Waals surface area (Å²) in [6, 6.07) is 0. The molecule has 0 saturated heterocycles. The van der Waals surface area contributed by atoms with Gasteiger partial charge in [-0.2, -0.15) is 0 Å². The van der Waals surface area contributed by atoms with Crippen molar-refractivity contribution in [1.29, 1.82) is 0 Å². The average molecular weight is 190 g/mol. The van der Waals surface area contributed by atoms with E-state index in [2.05, 4.69) is 0 Å². The van der Waals surface area contributed by atoms with Crippen LogP contribution in [-0.2, 0) is 4.57 Å². The van der Waals surface area contributed by atoms with Crippen molar-refractivity contribution in [1.82, 2.24) is 6.15 Å². The first-order valence-electron chi connectivity index (χ1n) is 0.748. The molecule has 5 nitrogen and oxygen atoms in total. The van der Waals surface area contributed by atoms with Crippen LogP contribution in [0.2, 0.25) is 0 Å². The maximum Gasteiger partial charge on any atom is 2.00 e. The topological polar surface area (TPSA) is 120 Å². The zero-order valence-electron chi connectivity index (χ0n) is 4.20. The van der Waals surface area contributed by atoms with Crippen LogP contribution in [0.4, 0.5) is 0 Å².